The first-order valence-electron chi connectivity index (χ1n) is 14.2. The number of amides is 1. The monoisotopic (exact) mass is 598 g/mol. The van der Waals surface area contributed by atoms with Crippen molar-refractivity contribution in [1.29, 1.82) is 0 Å². The topological polar surface area (TPSA) is 272 Å². The fraction of sp³-hybridized carbons (Fsp3) is 0.960. The molecular formula is C25H50N4O12. The summed E-state index contributed by atoms with van der Waals surface area (Å²) >= 11 is 0. The van der Waals surface area contributed by atoms with Gasteiger partial charge in [0.15, 0.2) is 12.6 Å². The number of ether oxygens (including phenoxy) is 4. The number of carbonyl (C=O) groups is 1. The number of hydrogen-bond acceptors (Lipinski definition) is 15. The van der Waals surface area contributed by atoms with Gasteiger partial charge in [0.25, 0.3) is 0 Å². The molecule has 13 N–H and O–H groups in total. The maximum absolute atomic E-state index is 12.6. The van der Waals surface area contributed by atoms with Crippen LogP contribution in [0, 0.1) is 0 Å². The van der Waals surface area contributed by atoms with Gasteiger partial charge in [-0.15, -0.1) is 0 Å². The van der Waals surface area contributed by atoms with Crippen molar-refractivity contribution < 1.29 is 59.5 Å². The van der Waals surface area contributed by atoms with Crippen molar-refractivity contribution in [3.8, 4) is 0 Å². The molecule has 0 aromatic rings. The van der Waals surface area contributed by atoms with Crippen LogP contribution in [-0.2, 0) is 23.7 Å². The van der Waals surface area contributed by atoms with Crippen molar-refractivity contribution in [1.82, 2.24) is 10.6 Å². The third-order valence-corrected chi connectivity index (χ3v) is 7.19. The van der Waals surface area contributed by atoms with Crippen LogP contribution in [0.25, 0.3) is 0 Å². The van der Waals surface area contributed by atoms with Gasteiger partial charge < -0.3 is 76.8 Å². The van der Waals surface area contributed by atoms with Crippen LogP contribution >= 0.6 is 0 Å². The fourth-order valence-electron chi connectivity index (χ4n) is 4.86. The van der Waals surface area contributed by atoms with Crippen LogP contribution in [-0.4, -0.2) is 155 Å². The zero-order valence-corrected chi connectivity index (χ0v) is 23.5. The predicted molar refractivity (Wildman–Crippen MR) is 143 cm³/mol. The summed E-state index contributed by atoms with van der Waals surface area (Å²) in [6, 6.07) is -1.81. The second-order valence-electron chi connectivity index (χ2n) is 10.4. The highest BCUT2D eigenvalue weighted by molar-refractivity contribution is 5.80. The van der Waals surface area contributed by atoms with E-state index in [-0.39, 0.29) is 58.6 Å². The Hall–Kier alpha value is -1.09. The molecule has 1 saturated carbocycles. The third-order valence-electron chi connectivity index (χ3n) is 7.19. The summed E-state index contributed by atoms with van der Waals surface area (Å²) in [5.74, 6) is -0.749. The van der Waals surface area contributed by atoms with Crippen LogP contribution in [0.15, 0.2) is 0 Å². The molecule has 1 amide bonds. The summed E-state index contributed by atoms with van der Waals surface area (Å²) in [5, 5.41) is 76.6. The van der Waals surface area contributed by atoms with E-state index < -0.39 is 79.4 Å². The minimum atomic E-state index is -1.51. The molecule has 0 bridgehead atoms. The molecule has 1 heterocycles. The molecule has 16 nitrogen and oxygen atoms in total. The first kappa shape index (κ1) is 36.1. The van der Waals surface area contributed by atoms with Crippen LogP contribution in [0.3, 0.4) is 0 Å². The van der Waals surface area contributed by atoms with Gasteiger partial charge in [0, 0.05) is 25.6 Å². The molecule has 2 rings (SSSR count). The molecule has 1 aliphatic heterocycles. The summed E-state index contributed by atoms with van der Waals surface area (Å²) in [7, 11) is 0. The Kier molecular flexibility index (Phi) is 16.3. The highest BCUT2D eigenvalue weighted by atomic mass is 16.7. The lowest BCUT2D eigenvalue weighted by molar-refractivity contribution is -0.296. The summed E-state index contributed by atoms with van der Waals surface area (Å²) in [4.78, 5) is 12.6. The van der Waals surface area contributed by atoms with Crippen molar-refractivity contribution in [3.05, 3.63) is 0 Å². The minimum absolute atomic E-state index is 0.00439. The molecule has 8 unspecified atom stereocenters. The van der Waals surface area contributed by atoms with Crippen molar-refractivity contribution in [2.24, 2.45) is 11.5 Å². The largest absolute Gasteiger partial charge is 0.396 e. The van der Waals surface area contributed by atoms with Gasteiger partial charge in [0.2, 0.25) is 5.91 Å². The molecule has 16 heteroatoms. The fourth-order valence-corrected chi connectivity index (χ4v) is 4.86. The zero-order valence-electron chi connectivity index (χ0n) is 23.5. The van der Waals surface area contributed by atoms with Gasteiger partial charge in [0.1, 0.15) is 42.7 Å². The Balaban J connectivity index is 2.22. The Morgan fingerprint density at radius 1 is 1.10 bits per heavy atom. The lowest BCUT2D eigenvalue weighted by Crippen LogP contribution is -2.67. The van der Waals surface area contributed by atoms with E-state index in [4.69, 9.17) is 35.5 Å². The Morgan fingerprint density at radius 2 is 1.83 bits per heavy atom. The van der Waals surface area contributed by atoms with Gasteiger partial charge in [-0.1, -0.05) is 6.92 Å². The van der Waals surface area contributed by atoms with Crippen molar-refractivity contribution >= 4 is 5.91 Å². The smallest absolute Gasteiger partial charge is 0.249 e. The summed E-state index contributed by atoms with van der Waals surface area (Å²) in [6.45, 7) is 1.85. The number of aliphatic hydroxyl groups excluding tert-OH is 7. The van der Waals surface area contributed by atoms with Gasteiger partial charge in [0.05, 0.1) is 25.4 Å². The van der Waals surface area contributed by atoms with Crippen LogP contribution in [0.2, 0.25) is 0 Å². The van der Waals surface area contributed by atoms with Gasteiger partial charge in [-0.05, 0) is 38.8 Å². The molecule has 12 atom stereocenters. The maximum atomic E-state index is 12.6. The molecule has 0 aromatic heterocycles. The molecule has 1 aliphatic carbocycles. The average molecular weight is 599 g/mol. The van der Waals surface area contributed by atoms with E-state index in [0.717, 1.165) is 0 Å². The molecule has 0 aromatic carbocycles. The first-order valence-corrected chi connectivity index (χ1v) is 14.2. The number of aliphatic hydroxyl groups is 7. The van der Waals surface area contributed by atoms with E-state index in [2.05, 4.69) is 10.6 Å². The molecule has 41 heavy (non-hydrogen) atoms. The lowest BCUT2D eigenvalue weighted by Gasteiger charge is -2.47. The number of rotatable bonds is 18. The lowest BCUT2D eigenvalue weighted by atomic mass is 9.83. The van der Waals surface area contributed by atoms with Crippen LogP contribution in [0.5, 0.6) is 0 Å². The Bertz CT molecular complexity index is 743. The standard InChI is InChI=1S/C25H50N4O12/c1-2-15(32)25(38-9-8-31)41-23-14(29-24(37)16(33)4-5-26)10-13(27)22(21(23)36)40-19-11-17(34)20(35)18(39-19)12-28-6-3-7-30/h13-23,25,28,30-36H,2-12,26-27H2,1H3,(H,29,37)/t13?,14?,15?,16?,17?,18?,19-,20+,21?,22-,23+,25?/m1/s1. The van der Waals surface area contributed by atoms with E-state index in [1.807, 2.05) is 0 Å². The summed E-state index contributed by atoms with van der Waals surface area (Å²) in [5.41, 5.74) is 11.8. The van der Waals surface area contributed by atoms with Gasteiger partial charge in [-0.2, -0.15) is 0 Å². The second kappa shape index (κ2) is 18.5. The molecule has 0 radical (unpaired) electrons. The van der Waals surface area contributed by atoms with Crippen LogP contribution < -0.4 is 22.1 Å². The molecule has 2 fully saturated rings. The number of nitrogens with one attached hydrogen (secondary N) is 2. The number of carbonyl (C=O) groups excluding carboxylic acids is 1. The quantitative estimate of drug-likeness (QED) is 0.0520. The normalized spacial score (nSPS) is 34.6. The summed E-state index contributed by atoms with van der Waals surface area (Å²) in [6.07, 6.45) is -11.4. The van der Waals surface area contributed by atoms with Crippen molar-refractivity contribution in [3.63, 3.8) is 0 Å². The Labute approximate surface area is 239 Å². The average Bonchev–Trinajstić information content (AvgIpc) is 2.94. The van der Waals surface area contributed by atoms with Gasteiger partial charge in [-0.3, -0.25) is 4.79 Å². The highest BCUT2D eigenvalue weighted by Crippen LogP contribution is 2.30. The summed E-state index contributed by atoms with van der Waals surface area (Å²) < 4.78 is 23.3. The van der Waals surface area contributed by atoms with Crippen LogP contribution in [0.4, 0.5) is 0 Å². The molecular weight excluding hydrogens is 548 g/mol. The van der Waals surface area contributed by atoms with Gasteiger partial charge >= 0.3 is 0 Å². The second-order valence-corrected chi connectivity index (χ2v) is 10.4. The maximum Gasteiger partial charge on any atom is 0.249 e. The first-order chi connectivity index (χ1) is 19.6. The van der Waals surface area contributed by atoms with Crippen molar-refractivity contribution in [2.75, 3.05) is 39.5 Å². The SMILES string of the molecule is CCC(O)C(OCCO)O[C@H]1C(NC(=O)C(O)CCN)CC(N)[C@@H](O[C@@H]2CC(O)[C@H](O)C(CNCCCO)O2)C1O. The third kappa shape index (κ3) is 10.8. The van der Waals surface area contributed by atoms with E-state index in [1.54, 1.807) is 6.92 Å². The van der Waals surface area contributed by atoms with Crippen LogP contribution in [0.1, 0.15) is 39.0 Å². The zero-order chi connectivity index (χ0) is 30.5. The van der Waals surface area contributed by atoms with E-state index in [0.29, 0.717) is 13.0 Å². The highest BCUT2D eigenvalue weighted by Gasteiger charge is 2.49. The van der Waals surface area contributed by atoms with Crippen molar-refractivity contribution in [2.45, 2.75) is 113 Å². The molecule has 0 spiro atoms. The predicted octanol–water partition coefficient (Wildman–Crippen LogP) is -5.04. The van der Waals surface area contributed by atoms with E-state index in [9.17, 15) is 35.4 Å². The number of hydrogen-bond donors (Lipinski definition) is 11. The number of nitrogens with two attached hydrogens (primary N) is 2. The van der Waals surface area contributed by atoms with Gasteiger partial charge in [-0.25, -0.2) is 0 Å². The molecule has 242 valence electrons. The van der Waals surface area contributed by atoms with E-state index >= 15 is 0 Å². The molecule has 2 aliphatic rings. The van der Waals surface area contributed by atoms with E-state index in [1.165, 1.54) is 0 Å². The minimum Gasteiger partial charge on any atom is -0.396 e. The Morgan fingerprint density at radius 3 is 2.46 bits per heavy atom. The molecule has 1 saturated heterocycles.